The molecular formula is C8H11N2. The standard InChI is InChI=1S/C8H11N2/c1-6-4-2-3-5-7(6)8(9)10/h2-5,8H,1,9-10H2. The third-order valence-electron chi connectivity index (χ3n) is 1.41. The molecule has 53 valence electrons. The third kappa shape index (κ3) is 1.35. The quantitative estimate of drug-likeness (QED) is 0.559. The van der Waals surface area contributed by atoms with Gasteiger partial charge in [-0.15, -0.1) is 0 Å². The van der Waals surface area contributed by atoms with E-state index in [0.29, 0.717) is 0 Å². The van der Waals surface area contributed by atoms with Crippen molar-refractivity contribution < 1.29 is 0 Å². The molecule has 0 fully saturated rings. The molecule has 0 aromatic heterocycles. The Labute approximate surface area is 60.8 Å². The smallest absolute Gasteiger partial charge is 0.0787 e. The van der Waals surface area contributed by atoms with Crippen LogP contribution in [-0.2, 0) is 0 Å². The SMILES string of the molecule is [CH2]c1ccccc1C(N)N. The highest BCUT2D eigenvalue weighted by Gasteiger charge is 2.00. The van der Waals surface area contributed by atoms with Crippen LogP contribution in [0.4, 0.5) is 0 Å². The topological polar surface area (TPSA) is 52.0 Å². The fourth-order valence-electron chi connectivity index (χ4n) is 0.859. The minimum atomic E-state index is -0.409. The number of nitrogens with two attached hydrogens (primary N) is 2. The highest BCUT2D eigenvalue weighted by molar-refractivity contribution is 5.31. The van der Waals surface area contributed by atoms with E-state index in [1.165, 1.54) is 0 Å². The molecule has 0 heterocycles. The van der Waals surface area contributed by atoms with Gasteiger partial charge >= 0.3 is 0 Å². The molecular weight excluding hydrogens is 124 g/mol. The van der Waals surface area contributed by atoms with Gasteiger partial charge in [-0.2, -0.15) is 0 Å². The van der Waals surface area contributed by atoms with Crippen LogP contribution in [-0.4, -0.2) is 0 Å². The maximum atomic E-state index is 5.45. The van der Waals surface area contributed by atoms with Crippen molar-refractivity contribution in [3.63, 3.8) is 0 Å². The molecule has 2 nitrogen and oxygen atoms in total. The zero-order valence-corrected chi connectivity index (χ0v) is 5.75. The Morgan fingerprint density at radius 3 is 2.20 bits per heavy atom. The van der Waals surface area contributed by atoms with Crippen LogP contribution in [0, 0.1) is 6.92 Å². The van der Waals surface area contributed by atoms with Crippen LogP contribution in [0.2, 0.25) is 0 Å². The molecule has 1 radical (unpaired) electrons. The largest absolute Gasteiger partial charge is 0.312 e. The summed E-state index contributed by atoms with van der Waals surface area (Å²) in [5.41, 5.74) is 12.7. The predicted molar refractivity (Wildman–Crippen MR) is 42.0 cm³/mol. The summed E-state index contributed by atoms with van der Waals surface area (Å²) in [5, 5.41) is 0. The Morgan fingerprint density at radius 1 is 1.20 bits per heavy atom. The van der Waals surface area contributed by atoms with E-state index in [9.17, 15) is 0 Å². The van der Waals surface area contributed by atoms with Crippen molar-refractivity contribution in [3.05, 3.63) is 42.3 Å². The summed E-state index contributed by atoms with van der Waals surface area (Å²) >= 11 is 0. The lowest BCUT2D eigenvalue weighted by molar-refractivity contribution is 0.770. The van der Waals surface area contributed by atoms with Crippen molar-refractivity contribution in [1.29, 1.82) is 0 Å². The minimum absolute atomic E-state index is 0.409. The molecule has 1 aromatic carbocycles. The van der Waals surface area contributed by atoms with Crippen molar-refractivity contribution in [2.24, 2.45) is 11.5 Å². The van der Waals surface area contributed by atoms with E-state index < -0.39 is 6.17 Å². The predicted octanol–water partition coefficient (Wildman–Crippen LogP) is 0.785. The van der Waals surface area contributed by atoms with Gasteiger partial charge in [0, 0.05) is 0 Å². The molecule has 0 saturated carbocycles. The molecule has 0 aliphatic carbocycles. The average Bonchev–Trinajstić information content (AvgIpc) is 1.88. The van der Waals surface area contributed by atoms with Gasteiger partial charge in [-0.3, -0.25) is 0 Å². The lowest BCUT2D eigenvalue weighted by atomic mass is 10.1. The van der Waals surface area contributed by atoms with E-state index in [1.807, 2.05) is 24.3 Å². The Balaban J connectivity index is 3.03. The van der Waals surface area contributed by atoms with Crippen LogP contribution < -0.4 is 11.5 Å². The van der Waals surface area contributed by atoms with Crippen molar-refractivity contribution in [2.75, 3.05) is 0 Å². The summed E-state index contributed by atoms with van der Waals surface area (Å²) < 4.78 is 0. The maximum Gasteiger partial charge on any atom is 0.0787 e. The maximum absolute atomic E-state index is 5.45. The van der Waals surface area contributed by atoms with E-state index in [4.69, 9.17) is 11.5 Å². The third-order valence-corrected chi connectivity index (χ3v) is 1.41. The number of rotatable bonds is 1. The van der Waals surface area contributed by atoms with Gasteiger partial charge in [0.2, 0.25) is 0 Å². The lowest BCUT2D eigenvalue weighted by Crippen LogP contribution is -2.20. The first-order valence-electron chi connectivity index (χ1n) is 3.14. The summed E-state index contributed by atoms with van der Waals surface area (Å²) in [7, 11) is 0. The lowest BCUT2D eigenvalue weighted by Gasteiger charge is -2.07. The average molecular weight is 135 g/mol. The van der Waals surface area contributed by atoms with Crippen molar-refractivity contribution in [3.8, 4) is 0 Å². The molecule has 2 heteroatoms. The van der Waals surface area contributed by atoms with Crippen LogP contribution in [0.1, 0.15) is 17.3 Å². The van der Waals surface area contributed by atoms with Gasteiger partial charge in [-0.25, -0.2) is 0 Å². The van der Waals surface area contributed by atoms with Crippen LogP contribution >= 0.6 is 0 Å². The first-order valence-corrected chi connectivity index (χ1v) is 3.14. The summed E-state index contributed by atoms with van der Waals surface area (Å²) in [6.45, 7) is 3.78. The van der Waals surface area contributed by atoms with E-state index in [1.54, 1.807) is 0 Å². The highest BCUT2D eigenvalue weighted by atomic mass is 14.8. The molecule has 0 bridgehead atoms. The fourth-order valence-corrected chi connectivity index (χ4v) is 0.859. The first-order chi connectivity index (χ1) is 4.72. The van der Waals surface area contributed by atoms with Crippen molar-refractivity contribution in [2.45, 2.75) is 6.17 Å². The van der Waals surface area contributed by atoms with Gasteiger partial charge in [0.25, 0.3) is 0 Å². The number of benzene rings is 1. The molecule has 10 heavy (non-hydrogen) atoms. The molecule has 0 atom stereocenters. The summed E-state index contributed by atoms with van der Waals surface area (Å²) in [4.78, 5) is 0. The van der Waals surface area contributed by atoms with Crippen LogP contribution in [0.25, 0.3) is 0 Å². The van der Waals surface area contributed by atoms with Crippen LogP contribution in [0.15, 0.2) is 24.3 Å². The molecule has 0 aliphatic heterocycles. The van der Waals surface area contributed by atoms with Gasteiger partial charge in [0.1, 0.15) is 0 Å². The Bertz CT molecular complexity index is 218. The zero-order valence-electron chi connectivity index (χ0n) is 5.75. The van der Waals surface area contributed by atoms with Gasteiger partial charge < -0.3 is 11.5 Å². The zero-order chi connectivity index (χ0) is 7.56. The van der Waals surface area contributed by atoms with E-state index in [2.05, 4.69) is 6.92 Å². The van der Waals surface area contributed by atoms with Gasteiger partial charge in [0.15, 0.2) is 0 Å². The van der Waals surface area contributed by atoms with Gasteiger partial charge in [-0.05, 0) is 18.1 Å². The Morgan fingerprint density at radius 2 is 1.80 bits per heavy atom. The van der Waals surface area contributed by atoms with E-state index in [-0.39, 0.29) is 0 Å². The van der Waals surface area contributed by atoms with Crippen LogP contribution in [0.5, 0.6) is 0 Å². The van der Waals surface area contributed by atoms with E-state index >= 15 is 0 Å². The van der Waals surface area contributed by atoms with Crippen LogP contribution in [0.3, 0.4) is 0 Å². The minimum Gasteiger partial charge on any atom is -0.312 e. The van der Waals surface area contributed by atoms with Gasteiger partial charge in [-0.1, -0.05) is 24.3 Å². The Kier molecular flexibility index (Phi) is 2.04. The summed E-state index contributed by atoms with van der Waals surface area (Å²) in [6.07, 6.45) is -0.409. The van der Waals surface area contributed by atoms with Crippen molar-refractivity contribution >= 4 is 0 Å². The second-order valence-corrected chi connectivity index (χ2v) is 2.22. The van der Waals surface area contributed by atoms with Crippen molar-refractivity contribution in [1.82, 2.24) is 0 Å². The number of hydrogen-bond donors (Lipinski definition) is 2. The molecule has 0 spiro atoms. The molecule has 0 unspecified atom stereocenters. The molecule has 0 amide bonds. The fraction of sp³-hybridized carbons (Fsp3) is 0.125. The number of hydrogen-bond acceptors (Lipinski definition) is 2. The van der Waals surface area contributed by atoms with Gasteiger partial charge in [0.05, 0.1) is 6.17 Å². The molecule has 4 N–H and O–H groups in total. The summed E-state index contributed by atoms with van der Waals surface area (Å²) in [6, 6.07) is 7.58. The summed E-state index contributed by atoms with van der Waals surface area (Å²) in [5.74, 6) is 0. The highest BCUT2D eigenvalue weighted by Crippen LogP contribution is 2.09. The second-order valence-electron chi connectivity index (χ2n) is 2.22. The normalized spacial score (nSPS) is 10.4. The molecule has 0 aliphatic rings. The molecule has 1 aromatic rings. The molecule has 1 rings (SSSR count). The monoisotopic (exact) mass is 135 g/mol. The van der Waals surface area contributed by atoms with E-state index in [0.717, 1.165) is 11.1 Å². The second kappa shape index (κ2) is 2.82. The molecule has 0 saturated heterocycles. The first kappa shape index (κ1) is 7.25. The Hall–Kier alpha value is -0.860.